The highest BCUT2D eigenvalue weighted by Gasteiger charge is 2.73. The molecule has 0 aromatic carbocycles. The van der Waals surface area contributed by atoms with Gasteiger partial charge in [0.05, 0.1) is 18.2 Å². The van der Waals surface area contributed by atoms with Crippen LogP contribution in [0.4, 0.5) is 0 Å². The van der Waals surface area contributed by atoms with Gasteiger partial charge in [-0.1, -0.05) is 13.8 Å². The first-order chi connectivity index (χ1) is 8.81. The lowest BCUT2D eigenvalue weighted by molar-refractivity contribution is -0.129. The third-order valence-electron chi connectivity index (χ3n) is 4.43. The van der Waals surface area contributed by atoms with Crippen LogP contribution in [-0.4, -0.2) is 16.7 Å². The number of nitrogens with one attached hydrogen (secondary N) is 1. The van der Waals surface area contributed by atoms with Crippen molar-refractivity contribution < 1.29 is 9.90 Å². The molecule has 98 valence electrons. The summed E-state index contributed by atoms with van der Waals surface area (Å²) in [6, 6.07) is 5.66. The summed E-state index contributed by atoms with van der Waals surface area (Å²) in [7, 11) is 0. The van der Waals surface area contributed by atoms with E-state index < -0.39 is 28.4 Å². The molecule has 1 amide bonds. The van der Waals surface area contributed by atoms with Gasteiger partial charge in [0.15, 0.2) is 10.8 Å². The fourth-order valence-corrected chi connectivity index (χ4v) is 3.45. The van der Waals surface area contributed by atoms with Crippen LogP contribution in [0.3, 0.4) is 0 Å². The molecule has 2 fully saturated rings. The Kier molecular flexibility index (Phi) is 2.59. The van der Waals surface area contributed by atoms with E-state index >= 15 is 0 Å². The average Bonchev–Trinajstić information content (AvgIpc) is 2.59. The first-order valence-electron chi connectivity index (χ1n) is 6.09. The van der Waals surface area contributed by atoms with Crippen molar-refractivity contribution in [2.24, 2.45) is 22.7 Å². The number of hydrogen-bond acceptors (Lipinski definition) is 5. The Morgan fingerprint density at radius 1 is 1.32 bits per heavy atom. The Morgan fingerprint density at radius 2 is 1.89 bits per heavy atom. The molecular formula is C13H14N4O2. The summed E-state index contributed by atoms with van der Waals surface area (Å²) in [5.74, 6) is -1.37. The summed E-state index contributed by atoms with van der Waals surface area (Å²) in [5, 5.41) is 41.1. The van der Waals surface area contributed by atoms with Crippen molar-refractivity contribution in [2.75, 3.05) is 0 Å². The Hall–Kier alpha value is -2.10. The monoisotopic (exact) mass is 258 g/mol. The predicted octanol–water partition coefficient (Wildman–Crippen LogP) is 0.414. The van der Waals surface area contributed by atoms with Crippen molar-refractivity contribution >= 4 is 5.91 Å². The normalized spacial score (nSPS) is 39.0. The lowest BCUT2D eigenvalue weighted by Gasteiger charge is -2.45. The van der Waals surface area contributed by atoms with Crippen molar-refractivity contribution in [1.29, 1.82) is 15.8 Å². The SMILES string of the molecule is CC(C)[C@H]1C[C@@]2(O)C[C@](C#N)(C(=O)N2)C1(C#N)C#N. The summed E-state index contributed by atoms with van der Waals surface area (Å²) in [6.07, 6.45) is -0.0966. The Labute approximate surface area is 111 Å². The smallest absolute Gasteiger partial charge is 0.245 e. The molecular weight excluding hydrogens is 244 g/mol. The summed E-state index contributed by atoms with van der Waals surface area (Å²) < 4.78 is 0. The summed E-state index contributed by atoms with van der Waals surface area (Å²) in [4.78, 5) is 12.1. The highest BCUT2D eigenvalue weighted by Crippen LogP contribution is 2.60. The molecule has 0 aromatic rings. The van der Waals surface area contributed by atoms with E-state index in [0.717, 1.165) is 0 Å². The number of amides is 1. The number of fused-ring (bicyclic) bond motifs is 2. The van der Waals surface area contributed by atoms with Crippen LogP contribution in [-0.2, 0) is 4.79 Å². The quantitative estimate of drug-likeness (QED) is 0.705. The van der Waals surface area contributed by atoms with Crippen molar-refractivity contribution in [3.05, 3.63) is 0 Å². The number of rotatable bonds is 1. The van der Waals surface area contributed by atoms with E-state index in [4.69, 9.17) is 0 Å². The first kappa shape index (κ1) is 13.3. The van der Waals surface area contributed by atoms with Gasteiger partial charge < -0.3 is 10.4 Å². The molecule has 1 saturated heterocycles. The summed E-state index contributed by atoms with van der Waals surface area (Å²) >= 11 is 0. The van der Waals surface area contributed by atoms with E-state index in [1.165, 1.54) is 0 Å². The first-order valence-corrected chi connectivity index (χ1v) is 6.09. The number of hydrogen-bond donors (Lipinski definition) is 2. The summed E-state index contributed by atoms with van der Waals surface area (Å²) in [6.45, 7) is 3.63. The molecule has 19 heavy (non-hydrogen) atoms. The Balaban J connectivity index is 2.74. The van der Waals surface area contributed by atoms with Gasteiger partial charge in [0.1, 0.15) is 5.72 Å². The number of nitrogens with zero attached hydrogens (tertiary/aromatic N) is 3. The maximum absolute atomic E-state index is 12.1. The molecule has 0 radical (unpaired) electrons. The molecule has 1 heterocycles. The molecule has 1 aliphatic heterocycles. The molecule has 0 spiro atoms. The molecule has 2 rings (SSSR count). The Morgan fingerprint density at radius 3 is 2.32 bits per heavy atom. The van der Waals surface area contributed by atoms with Crippen LogP contribution in [0.15, 0.2) is 0 Å². The molecule has 1 aliphatic carbocycles. The zero-order chi connectivity index (χ0) is 14.5. The number of carbonyl (C=O) groups is 1. The minimum atomic E-state index is -1.79. The van der Waals surface area contributed by atoms with Crippen LogP contribution in [0.5, 0.6) is 0 Å². The van der Waals surface area contributed by atoms with Gasteiger partial charge in [0, 0.05) is 12.8 Å². The van der Waals surface area contributed by atoms with Gasteiger partial charge in [0.25, 0.3) is 0 Å². The molecule has 6 heteroatoms. The summed E-state index contributed by atoms with van der Waals surface area (Å²) in [5.41, 5.74) is -5.00. The second kappa shape index (κ2) is 3.70. The van der Waals surface area contributed by atoms with Crippen LogP contribution in [0.2, 0.25) is 0 Å². The topological polar surface area (TPSA) is 121 Å². The van der Waals surface area contributed by atoms with E-state index in [2.05, 4.69) is 5.32 Å². The second-order valence-electron chi connectivity index (χ2n) is 5.77. The van der Waals surface area contributed by atoms with Crippen LogP contribution in [0.1, 0.15) is 26.7 Å². The number of carbonyl (C=O) groups excluding carboxylic acids is 1. The standard InChI is InChI=1S/C13H14N4O2/c1-8(2)9-3-13(19)4-11(5-14,10(18)17-13)12(9,6-15)7-16/h8-9,19H,3-4H2,1-2H3,(H,17,18)/t9-,11+,13-/m1/s1. The zero-order valence-corrected chi connectivity index (χ0v) is 10.8. The van der Waals surface area contributed by atoms with Crippen molar-refractivity contribution in [3.8, 4) is 18.2 Å². The van der Waals surface area contributed by atoms with Crippen LogP contribution in [0.25, 0.3) is 0 Å². The van der Waals surface area contributed by atoms with Crippen molar-refractivity contribution in [2.45, 2.75) is 32.4 Å². The van der Waals surface area contributed by atoms with Crippen LogP contribution < -0.4 is 5.32 Å². The minimum Gasteiger partial charge on any atom is -0.371 e. The maximum Gasteiger partial charge on any atom is 0.245 e. The van der Waals surface area contributed by atoms with Gasteiger partial charge >= 0.3 is 0 Å². The lowest BCUT2D eigenvalue weighted by atomic mass is 9.51. The van der Waals surface area contributed by atoms with Crippen LogP contribution >= 0.6 is 0 Å². The highest BCUT2D eigenvalue weighted by atomic mass is 16.3. The van der Waals surface area contributed by atoms with Crippen molar-refractivity contribution in [3.63, 3.8) is 0 Å². The number of aliphatic hydroxyl groups is 1. The third kappa shape index (κ3) is 1.34. The van der Waals surface area contributed by atoms with Gasteiger partial charge in [-0.15, -0.1) is 0 Å². The molecule has 2 aliphatic rings. The van der Waals surface area contributed by atoms with Gasteiger partial charge in [-0.3, -0.25) is 4.79 Å². The Bertz CT molecular complexity index is 551. The lowest BCUT2D eigenvalue weighted by Crippen LogP contribution is -2.54. The van der Waals surface area contributed by atoms with E-state index in [1.54, 1.807) is 0 Å². The molecule has 2 N–H and O–H groups in total. The maximum atomic E-state index is 12.1. The van der Waals surface area contributed by atoms with E-state index in [-0.39, 0.29) is 18.8 Å². The van der Waals surface area contributed by atoms with E-state index in [1.807, 2.05) is 32.1 Å². The number of nitriles is 3. The average molecular weight is 258 g/mol. The third-order valence-corrected chi connectivity index (χ3v) is 4.43. The molecule has 0 unspecified atom stereocenters. The fourth-order valence-electron chi connectivity index (χ4n) is 3.45. The molecule has 1 saturated carbocycles. The minimum absolute atomic E-state index is 0.105. The van der Waals surface area contributed by atoms with Gasteiger partial charge in [-0.2, -0.15) is 15.8 Å². The predicted molar refractivity (Wildman–Crippen MR) is 62.4 cm³/mol. The molecule has 3 atom stereocenters. The van der Waals surface area contributed by atoms with Crippen LogP contribution in [0, 0.1) is 56.7 Å². The largest absolute Gasteiger partial charge is 0.371 e. The molecule has 6 nitrogen and oxygen atoms in total. The molecule has 0 aromatic heterocycles. The second-order valence-corrected chi connectivity index (χ2v) is 5.77. The van der Waals surface area contributed by atoms with Gasteiger partial charge in [-0.25, -0.2) is 0 Å². The zero-order valence-electron chi connectivity index (χ0n) is 10.8. The fraction of sp³-hybridized carbons (Fsp3) is 0.692. The van der Waals surface area contributed by atoms with Crippen molar-refractivity contribution in [1.82, 2.24) is 5.32 Å². The highest BCUT2D eigenvalue weighted by molar-refractivity contribution is 5.91. The molecule has 2 bridgehead atoms. The van der Waals surface area contributed by atoms with Gasteiger partial charge in [0.2, 0.25) is 5.91 Å². The van der Waals surface area contributed by atoms with E-state index in [9.17, 15) is 25.7 Å². The van der Waals surface area contributed by atoms with E-state index in [0.29, 0.717) is 0 Å². The van der Waals surface area contributed by atoms with Gasteiger partial charge in [-0.05, 0) is 11.8 Å².